The van der Waals surface area contributed by atoms with Crippen molar-refractivity contribution in [3.05, 3.63) is 24.3 Å². The highest BCUT2D eigenvalue weighted by atomic mass is 16.5. The van der Waals surface area contributed by atoms with E-state index < -0.39 is 0 Å². The van der Waals surface area contributed by atoms with E-state index >= 15 is 0 Å². The quantitative estimate of drug-likeness (QED) is 0.836. The molecule has 106 valence electrons. The van der Waals surface area contributed by atoms with Gasteiger partial charge in [0, 0.05) is 6.54 Å². The third kappa shape index (κ3) is 1.73. The van der Waals surface area contributed by atoms with Gasteiger partial charge in [0.2, 0.25) is 11.8 Å². The van der Waals surface area contributed by atoms with Crippen LogP contribution in [-0.4, -0.2) is 25.0 Å². The predicted molar refractivity (Wildman–Crippen MR) is 74.2 cm³/mol. The van der Waals surface area contributed by atoms with Gasteiger partial charge in [0.15, 0.2) is 0 Å². The van der Waals surface area contributed by atoms with Gasteiger partial charge < -0.3 is 10.5 Å². The molecule has 2 unspecified atom stereocenters. The average molecular weight is 274 g/mol. The number of ether oxygens (including phenoxy) is 1. The summed E-state index contributed by atoms with van der Waals surface area (Å²) in [5, 5.41) is 0. The molecule has 2 aliphatic rings. The number of fused-ring (bicyclic) bond motifs is 1. The lowest BCUT2D eigenvalue weighted by atomic mass is 10.1. The zero-order chi connectivity index (χ0) is 14.5. The van der Waals surface area contributed by atoms with Gasteiger partial charge in [-0.05, 0) is 29.7 Å². The minimum Gasteiger partial charge on any atom is -0.492 e. The molecule has 1 saturated heterocycles. The van der Waals surface area contributed by atoms with E-state index in [-0.39, 0.29) is 29.1 Å². The monoisotopic (exact) mass is 274 g/mol. The van der Waals surface area contributed by atoms with Gasteiger partial charge in [-0.25, -0.2) is 0 Å². The molecule has 2 N–H and O–H groups in total. The van der Waals surface area contributed by atoms with Crippen molar-refractivity contribution in [2.45, 2.75) is 13.8 Å². The molecule has 1 heterocycles. The Labute approximate surface area is 117 Å². The van der Waals surface area contributed by atoms with Gasteiger partial charge in [-0.2, -0.15) is 0 Å². The van der Waals surface area contributed by atoms with Crippen molar-refractivity contribution >= 4 is 17.5 Å². The molecule has 2 amide bonds. The van der Waals surface area contributed by atoms with Crippen molar-refractivity contribution in [3.8, 4) is 5.75 Å². The molecule has 20 heavy (non-hydrogen) atoms. The van der Waals surface area contributed by atoms with Crippen LogP contribution in [-0.2, 0) is 9.59 Å². The van der Waals surface area contributed by atoms with Crippen LogP contribution in [0.4, 0.5) is 5.69 Å². The first-order chi connectivity index (χ1) is 9.48. The minimum absolute atomic E-state index is 0.0828. The standard InChI is InChI=1S/C15H18N2O3/c1-15(2)11-12(15)14(19)17(13(11)18)9-3-5-10(6-4-9)20-8-7-16/h3-6,11-12H,7-8,16H2,1-2H3. The Morgan fingerprint density at radius 1 is 1.15 bits per heavy atom. The molecule has 0 spiro atoms. The number of amides is 2. The summed E-state index contributed by atoms with van der Waals surface area (Å²) in [5.41, 5.74) is 5.81. The highest BCUT2D eigenvalue weighted by molar-refractivity contribution is 6.25. The van der Waals surface area contributed by atoms with Crippen molar-refractivity contribution < 1.29 is 14.3 Å². The molecule has 1 aromatic carbocycles. The number of benzene rings is 1. The Bertz CT molecular complexity index is 541. The number of nitrogens with zero attached hydrogens (tertiary/aromatic N) is 1. The van der Waals surface area contributed by atoms with Crippen LogP contribution >= 0.6 is 0 Å². The fourth-order valence-corrected chi connectivity index (χ4v) is 3.07. The maximum absolute atomic E-state index is 12.3. The third-order valence-electron chi connectivity index (χ3n) is 4.28. The van der Waals surface area contributed by atoms with Crippen LogP contribution in [0.5, 0.6) is 5.75 Å². The van der Waals surface area contributed by atoms with Gasteiger partial charge in [0.25, 0.3) is 0 Å². The molecule has 0 radical (unpaired) electrons. The third-order valence-corrected chi connectivity index (χ3v) is 4.28. The molecule has 2 atom stereocenters. The highest BCUT2D eigenvalue weighted by Crippen LogP contribution is 2.63. The number of hydrogen-bond donors (Lipinski definition) is 1. The fourth-order valence-electron chi connectivity index (χ4n) is 3.07. The first-order valence-corrected chi connectivity index (χ1v) is 6.79. The van der Waals surface area contributed by atoms with Crippen molar-refractivity contribution in [1.82, 2.24) is 0 Å². The lowest BCUT2D eigenvalue weighted by Crippen LogP contribution is -2.36. The minimum atomic E-state index is -0.172. The number of imide groups is 1. The van der Waals surface area contributed by atoms with Gasteiger partial charge in [0.05, 0.1) is 17.5 Å². The van der Waals surface area contributed by atoms with Gasteiger partial charge in [-0.15, -0.1) is 0 Å². The van der Waals surface area contributed by atoms with E-state index in [1.165, 1.54) is 4.90 Å². The van der Waals surface area contributed by atoms with Crippen LogP contribution in [0.1, 0.15) is 13.8 Å². The van der Waals surface area contributed by atoms with Crippen LogP contribution in [0.15, 0.2) is 24.3 Å². The van der Waals surface area contributed by atoms with Crippen molar-refractivity contribution in [3.63, 3.8) is 0 Å². The number of rotatable bonds is 4. The Kier molecular flexibility index (Phi) is 2.83. The molecule has 0 aromatic heterocycles. The van der Waals surface area contributed by atoms with E-state index in [0.717, 1.165) is 0 Å². The van der Waals surface area contributed by atoms with Crippen LogP contribution in [0.25, 0.3) is 0 Å². The highest BCUT2D eigenvalue weighted by Gasteiger charge is 2.72. The predicted octanol–water partition coefficient (Wildman–Crippen LogP) is 1.17. The van der Waals surface area contributed by atoms with Gasteiger partial charge in [0.1, 0.15) is 12.4 Å². The first-order valence-electron chi connectivity index (χ1n) is 6.79. The van der Waals surface area contributed by atoms with Crippen LogP contribution in [0.3, 0.4) is 0 Å². The second-order valence-corrected chi connectivity index (χ2v) is 5.92. The summed E-state index contributed by atoms with van der Waals surface area (Å²) in [6.07, 6.45) is 0. The molecule has 5 heteroatoms. The van der Waals surface area contributed by atoms with Crippen molar-refractivity contribution in [2.24, 2.45) is 23.0 Å². The van der Waals surface area contributed by atoms with Gasteiger partial charge in [-0.3, -0.25) is 14.5 Å². The molecule has 1 saturated carbocycles. The maximum Gasteiger partial charge on any atom is 0.238 e. The summed E-state index contributed by atoms with van der Waals surface area (Å²) in [6.45, 7) is 4.83. The van der Waals surface area contributed by atoms with Crippen LogP contribution < -0.4 is 15.4 Å². The zero-order valence-electron chi connectivity index (χ0n) is 11.6. The Hall–Kier alpha value is -1.88. The van der Waals surface area contributed by atoms with Crippen molar-refractivity contribution in [2.75, 3.05) is 18.1 Å². The molecule has 1 aromatic rings. The zero-order valence-corrected chi connectivity index (χ0v) is 11.6. The maximum atomic E-state index is 12.3. The summed E-state index contributed by atoms with van der Waals surface area (Å²) in [6, 6.07) is 6.97. The second-order valence-electron chi connectivity index (χ2n) is 5.92. The summed E-state index contributed by atoms with van der Waals surface area (Å²) >= 11 is 0. The number of carbonyl (C=O) groups excluding carboxylic acids is 2. The van der Waals surface area contributed by atoms with E-state index in [1.54, 1.807) is 24.3 Å². The lowest BCUT2D eigenvalue weighted by molar-refractivity contribution is -0.125. The van der Waals surface area contributed by atoms with Crippen LogP contribution in [0, 0.1) is 17.3 Å². The fraction of sp³-hybridized carbons (Fsp3) is 0.467. The van der Waals surface area contributed by atoms with E-state index in [0.29, 0.717) is 24.6 Å². The topological polar surface area (TPSA) is 72.6 Å². The summed E-state index contributed by atoms with van der Waals surface area (Å²) in [4.78, 5) is 25.9. The molecule has 1 aliphatic heterocycles. The van der Waals surface area contributed by atoms with E-state index in [4.69, 9.17) is 10.5 Å². The summed E-state index contributed by atoms with van der Waals surface area (Å²) in [7, 11) is 0. The molecule has 3 rings (SSSR count). The Morgan fingerprint density at radius 2 is 1.70 bits per heavy atom. The molecular formula is C15H18N2O3. The van der Waals surface area contributed by atoms with Gasteiger partial charge >= 0.3 is 0 Å². The van der Waals surface area contributed by atoms with Crippen LogP contribution in [0.2, 0.25) is 0 Å². The molecular weight excluding hydrogens is 256 g/mol. The number of hydrogen-bond acceptors (Lipinski definition) is 4. The SMILES string of the molecule is CC1(C)C2C(=O)N(c3ccc(OCCN)cc3)C(=O)C21. The molecule has 0 bridgehead atoms. The molecule has 1 aliphatic carbocycles. The number of carbonyl (C=O) groups is 2. The molecule has 2 fully saturated rings. The lowest BCUT2D eigenvalue weighted by Gasteiger charge is -2.20. The van der Waals surface area contributed by atoms with E-state index in [2.05, 4.69) is 0 Å². The van der Waals surface area contributed by atoms with E-state index in [1.807, 2.05) is 13.8 Å². The van der Waals surface area contributed by atoms with Crippen molar-refractivity contribution in [1.29, 1.82) is 0 Å². The summed E-state index contributed by atoms with van der Waals surface area (Å²) in [5.74, 6) is 0.219. The second kappa shape index (κ2) is 4.31. The smallest absolute Gasteiger partial charge is 0.238 e. The van der Waals surface area contributed by atoms with E-state index in [9.17, 15) is 9.59 Å². The summed E-state index contributed by atoms with van der Waals surface area (Å²) < 4.78 is 5.38. The number of nitrogens with two attached hydrogens (primary N) is 1. The van der Waals surface area contributed by atoms with Gasteiger partial charge in [-0.1, -0.05) is 13.8 Å². The average Bonchev–Trinajstić information content (AvgIpc) is 2.88. The Morgan fingerprint density at radius 3 is 2.20 bits per heavy atom. The molecule has 5 nitrogen and oxygen atoms in total. The normalized spacial score (nSPS) is 26.6. The first kappa shape index (κ1) is 13.1. The number of piperidine rings is 1. The number of anilines is 1. The Balaban J connectivity index is 1.78. The largest absolute Gasteiger partial charge is 0.492 e.